The van der Waals surface area contributed by atoms with Crippen LogP contribution in [0.1, 0.15) is 37.7 Å². The van der Waals surface area contributed by atoms with E-state index in [2.05, 4.69) is 10.6 Å². The lowest BCUT2D eigenvalue weighted by molar-refractivity contribution is -0.137. The third kappa shape index (κ3) is 5.40. The molecule has 132 valence electrons. The summed E-state index contributed by atoms with van der Waals surface area (Å²) < 4.78 is 38.3. The van der Waals surface area contributed by atoms with Crippen LogP contribution >= 0.6 is 11.6 Å². The van der Waals surface area contributed by atoms with Gasteiger partial charge in [-0.15, -0.1) is 0 Å². The van der Waals surface area contributed by atoms with Crippen LogP contribution in [0.25, 0.3) is 0 Å². The van der Waals surface area contributed by atoms with Crippen molar-refractivity contribution in [1.82, 2.24) is 5.32 Å². The fourth-order valence-electron chi connectivity index (χ4n) is 2.31. The first-order chi connectivity index (χ1) is 11.3. The van der Waals surface area contributed by atoms with Crippen molar-refractivity contribution in [2.75, 3.05) is 11.9 Å². The third-order valence-corrected chi connectivity index (χ3v) is 4.28. The van der Waals surface area contributed by atoms with Crippen LogP contribution < -0.4 is 10.6 Å². The van der Waals surface area contributed by atoms with Gasteiger partial charge in [0.15, 0.2) is 0 Å². The van der Waals surface area contributed by atoms with E-state index < -0.39 is 22.7 Å². The number of hydrogen-bond donors (Lipinski definition) is 2. The minimum absolute atomic E-state index is 0.00172. The summed E-state index contributed by atoms with van der Waals surface area (Å²) in [5.74, 6) is -0.231. The number of benzene rings is 1. The van der Waals surface area contributed by atoms with Gasteiger partial charge >= 0.3 is 6.18 Å². The topological polar surface area (TPSA) is 58.2 Å². The molecule has 2 amide bonds. The van der Waals surface area contributed by atoms with Crippen LogP contribution in [-0.4, -0.2) is 18.4 Å². The quantitative estimate of drug-likeness (QED) is 0.803. The molecular formula is C16H18ClF3N2O2. The molecule has 0 radical (unpaired) electrons. The van der Waals surface area contributed by atoms with Crippen LogP contribution in [0, 0.1) is 5.92 Å². The van der Waals surface area contributed by atoms with Crippen molar-refractivity contribution < 1.29 is 22.8 Å². The number of amides is 2. The van der Waals surface area contributed by atoms with Crippen LogP contribution in [0.15, 0.2) is 18.2 Å². The Morgan fingerprint density at radius 2 is 1.83 bits per heavy atom. The smallest absolute Gasteiger partial charge is 0.356 e. The Bertz CT molecular complexity index is 616. The van der Waals surface area contributed by atoms with Crippen molar-refractivity contribution in [1.29, 1.82) is 0 Å². The molecule has 2 N–H and O–H groups in total. The molecule has 0 heterocycles. The number of hydrogen-bond acceptors (Lipinski definition) is 2. The van der Waals surface area contributed by atoms with Gasteiger partial charge in [-0.05, 0) is 37.0 Å². The van der Waals surface area contributed by atoms with Crippen LogP contribution in [0.4, 0.5) is 18.9 Å². The minimum Gasteiger partial charge on any atom is -0.356 e. The molecule has 4 nitrogen and oxygen atoms in total. The van der Waals surface area contributed by atoms with E-state index in [1.807, 2.05) is 0 Å². The van der Waals surface area contributed by atoms with Crippen molar-refractivity contribution >= 4 is 29.1 Å². The molecular weight excluding hydrogens is 345 g/mol. The highest BCUT2D eigenvalue weighted by molar-refractivity contribution is 6.31. The third-order valence-electron chi connectivity index (χ3n) is 3.95. The molecule has 2 rings (SSSR count). The number of halogens is 4. The van der Waals surface area contributed by atoms with Crippen LogP contribution in [0.3, 0.4) is 0 Å². The predicted octanol–water partition coefficient (Wildman–Crippen LogP) is 3.99. The number of carbonyl (C=O) groups is 2. The second-order valence-corrected chi connectivity index (χ2v) is 6.25. The maximum Gasteiger partial charge on any atom is 0.417 e. The summed E-state index contributed by atoms with van der Waals surface area (Å²) >= 11 is 5.51. The van der Waals surface area contributed by atoms with Gasteiger partial charge in [-0.25, -0.2) is 0 Å². The Kier molecular flexibility index (Phi) is 6.10. The van der Waals surface area contributed by atoms with Crippen molar-refractivity contribution in [2.45, 2.75) is 38.3 Å². The van der Waals surface area contributed by atoms with E-state index in [0.717, 1.165) is 25.0 Å². The summed E-state index contributed by atoms with van der Waals surface area (Å²) in [6.45, 7) is 0.618. The van der Waals surface area contributed by atoms with E-state index in [9.17, 15) is 22.8 Å². The molecule has 0 bridgehead atoms. The van der Waals surface area contributed by atoms with Gasteiger partial charge in [-0.1, -0.05) is 18.0 Å². The predicted molar refractivity (Wildman–Crippen MR) is 84.7 cm³/mol. The van der Waals surface area contributed by atoms with Gasteiger partial charge in [-0.3, -0.25) is 9.59 Å². The summed E-state index contributed by atoms with van der Waals surface area (Å²) in [5.41, 5.74) is -1.02. The molecule has 1 fully saturated rings. The molecule has 1 aromatic rings. The summed E-state index contributed by atoms with van der Waals surface area (Å²) in [5, 5.41) is 4.67. The first-order valence-corrected chi connectivity index (χ1v) is 8.07. The number of alkyl halides is 3. The van der Waals surface area contributed by atoms with Crippen molar-refractivity contribution in [3.05, 3.63) is 28.8 Å². The van der Waals surface area contributed by atoms with E-state index >= 15 is 0 Å². The Balaban J connectivity index is 1.80. The van der Waals surface area contributed by atoms with Gasteiger partial charge in [0.1, 0.15) is 0 Å². The van der Waals surface area contributed by atoms with Crippen LogP contribution in [-0.2, 0) is 15.8 Å². The highest BCUT2D eigenvalue weighted by Gasteiger charge is 2.33. The van der Waals surface area contributed by atoms with E-state index in [4.69, 9.17) is 11.6 Å². The molecule has 1 aliphatic carbocycles. The minimum atomic E-state index is -4.60. The largest absolute Gasteiger partial charge is 0.417 e. The second-order valence-electron chi connectivity index (χ2n) is 5.84. The first-order valence-electron chi connectivity index (χ1n) is 7.69. The van der Waals surface area contributed by atoms with Gasteiger partial charge in [0, 0.05) is 25.1 Å². The Labute approximate surface area is 142 Å². The number of rotatable bonds is 6. The first kappa shape index (κ1) is 18.6. The molecule has 0 unspecified atom stereocenters. The summed E-state index contributed by atoms with van der Waals surface area (Å²) in [6, 6.07) is 3.13. The molecule has 0 atom stereocenters. The van der Waals surface area contributed by atoms with E-state index in [0.29, 0.717) is 12.5 Å². The average Bonchev–Trinajstić information content (AvgIpc) is 2.44. The second kappa shape index (κ2) is 7.88. The Morgan fingerprint density at radius 3 is 2.42 bits per heavy atom. The summed E-state index contributed by atoms with van der Waals surface area (Å²) in [4.78, 5) is 23.4. The van der Waals surface area contributed by atoms with E-state index in [1.165, 1.54) is 12.5 Å². The Hall–Kier alpha value is -1.76. The zero-order valence-electron chi connectivity index (χ0n) is 12.9. The Morgan fingerprint density at radius 1 is 1.17 bits per heavy atom. The van der Waals surface area contributed by atoms with Gasteiger partial charge < -0.3 is 10.6 Å². The highest BCUT2D eigenvalue weighted by Crippen LogP contribution is 2.36. The van der Waals surface area contributed by atoms with E-state index in [-0.39, 0.29) is 24.4 Å². The molecule has 0 spiro atoms. The van der Waals surface area contributed by atoms with Crippen LogP contribution in [0.5, 0.6) is 0 Å². The number of anilines is 1. The SMILES string of the molecule is O=C(CCC(=O)Nc1ccc(Cl)c(C(F)(F)F)c1)NCC1CCC1. The van der Waals surface area contributed by atoms with E-state index in [1.54, 1.807) is 0 Å². The summed E-state index contributed by atoms with van der Waals surface area (Å²) in [6.07, 6.45) is -1.29. The zero-order valence-corrected chi connectivity index (χ0v) is 13.6. The fraction of sp³-hybridized carbons (Fsp3) is 0.500. The monoisotopic (exact) mass is 362 g/mol. The maximum absolute atomic E-state index is 12.8. The number of nitrogens with one attached hydrogen (secondary N) is 2. The molecule has 0 aromatic heterocycles. The number of carbonyl (C=O) groups excluding carboxylic acids is 2. The lowest BCUT2D eigenvalue weighted by atomic mass is 9.85. The summed E-state index contributed by atoms with van der Waals surface area (Å²) in [7, 11) is 0. The molecule has 8 heteroatoms. The standard InChI is InChI=1S/C16H18ClF3N2O2/c17-13-5-4-11(8-12(13)16(18,19)20)22-15(24)7-6-14(23)21-9-10-2-1-3-10/h4-5,8,10H,1-3,6-7,9H2,(H,21,23)(H,22,24). The molecule has 1 aromatic carbocycles. The molecule has 1 saturated carbocycles. The van der Waals surface area contributed by atoms with Gasteiger partial charge in [-0.2, -0.15) is 13.2 Å². The maximum atomic E-state index is 12.8. The molecule has 1 aliphatic rings. The fourth-order valence-corrected chi connectivity index (χ4v) is 2.54. The van der Waals surface area contributed by atoms with Crippen LogP contribution in [0.2, 0.25) is 5.02 Å². The molecule has 24 heavy (non-hydrogen) atoms. The highest BCUT2D eigenvalue weighted by atomic mass is 35.5. The van der Waals surface area contributed by atoms with Gasteiger partial charge in [0.25, 0.3) is 0 Å². The average molecular weight is 363 g/mol. The molecule has 0 aliphatic heterocycles. The van der Waals surface area contributed by atoms with Crippen molar-refractivity contribution in [3.63, 3.8) is 0 Å². The normalized spacial score (nSPS) is 14.8. The van der Waals surface area contributed by atoms with Crippen molar-refractivity contribution in [3.8, 4) is 0 Å². The van der Waals surface area contributed by atoms with Gasteiger partial charge in [0.05, 0.1) is 10.6 Å². The lowest BCUT2D eigenvalue weighted by Gasteiger charge is -2.25. The lowest BCUT2D eigenvalue weighted by Crippen LogP contribution is -2.32. The molecule has 0 saturated heterocycles. The zero-order chi connectivity index (χ0) is 17.7. The van der Waals surface area contributed by atoms with Crippen molar-refractivity contribution in [2.24, 2.45) is 5.92 Å². The van der Waals surface area contributed by atoms with Gasteiger partial charge in [0.2, 0.25) is 11.8 Å².